The molecule has 18 heavy (non-hydrogen) atoms. The normalized spacial score (nSPS) is 11.2. The highest BCUT2D eigenvalue weighted by Gasteiger charge is 2.14. The maximum Gasteiger partial charge on any atom is 0.250 e. The monoisotopic (exact) mass is 251 g/mol. The second-order valence-corrected chi connectivity index (χ2v) is 5.24. The van der Waals surface area contributed by atoms with Gasteiger partial charge >= 0.3 is 0 Å². The number of carbonyl (C=O) groups excluding carboxylic acids is 1. The predicted octanol–water partition coefficient (Wildman–Crippen LogP) is 1.90. The smallest absolute Gasteiger partial charge is 0.250 e. The van der Waals surface area contributed by atoms with Crippen molar-refractivity contribution >= 4 is 17.3 Å². The Bertz CT molecular complexity index is 411. The van der Waals surface area contributed by atoms with E-state index in [0.29, 0.717) is 5.69 Å². The zero-order valence-corrected chi connectivity index (χ0v) is 11.7. The Morgan fingerprint density at radius 3 is 2.67 bits per heavy atom. The fourth-order valence-electron chi connectivity index (χ4n) is 1.34. The van der Waals surface area contributed by atoms with Crippen molar-refractivity contribution in [1.29, 1.82) is 0 Å². The number of anilines is 2. The molecule has 0 saturated heterocycles. The van der Waals surface area contributed by atoms with E-state index in [0.717, 1.165) is 5.69 Å². The van der Waals surface area contributed by atoms with Crippen LogP contribution in [-0.2, 0) is 9.53 Å². The Morgan fingerprint density at radius 2 is 2.11 bits per heavy atom. The number of ether oxygens (including phenoxy) is 1. The molecule has 1 heterocycles. The van der Waals surface area contributed by atoms with E-state index in [4.69, 9.17) is 4.74 Å². The number of hydrogen-bond donors (Lipinski definition) is 1. The van der Waals surface area contributed by atoms with Crippen LogP contribution >= 0.6 is 0 Å². The van der Waals surface area contributed by atoms with Crippen LogP contribution in [0.5, 0.6) is 0 Å². The van der Waals surface area contributed by atoms with Gasteiger partial charge in [0.2, 0.25) is 5.91 Å². The van der Waals surface area contributed by atoms with Gasteiger partial charge in [0.15, 0.2) is 0 Å². The van der Waals surface area contributed by atoms with Crippen LogP contribution < -0.4 is 10.2 Å². The van der Waals surface area contributed by atoms with Crippen molar-refractivity contribution in [3.05, 3.63) is 18.5 Å². The first-order valence-corrected chi connectivity index (χ1v) is 5.85. The van der Waals surface area contributed by atoms with E-state index in [1.54, 1.807) is 12.4 Å². The van der Waals surface area contributed by atoms with Crippen molar-refractivity contribution in [1.82, 2.24) is 4.98 Å². The molecule has 0 radical (unpaired) electrons. The first-order valence-electron chi connectivity index (χ1n) is 5.85. The predicted molar refractivity (Wildman–Crippen MR) is 72.9 cm³/mol. The van der Waals surface area contributed by atoms with Gasteiger partial charge in [-0.2, -0.15) is 0 Å². The SMILES string of the molecule is CN(C)c1ccncc1NC(=O)COC(C)(C)C. The quantitative estimate of drug-likeness (QED) is 0.888. The second-order valence-electron chi connectivity index (χ2n) is 5.24. The Kier molecular flexibility index (Phi) is 4.67. The van der Waals surface area contributed by atoms with E-state index in [-0.39, 0.29) is 18.1 Å². The van der Waals surface area contributed by atoms with E-state index in [1.807, 2.05) is 45.8 Å². The third-order valence-corrected chi connectivity index (χ3v) is 2.19. The zero-order valence-electron chi connectivity index (χ0n) is 11.7. The number of amides is 1. The van der Waals surface area contributed by atoms with Crippen LogP contribution in [0, 0.1) is 0 Å². The van der Waals surface area contributed by atoms with E-state index < -0.39 is 0 Å². The number of rotatable bonds is 4. The van der Waals surface area contributed by atoms with E-state index in [2.05, 4.69) is 10.3 Å². The average molecular weight is 251 g/mol. The van der Waals surface area contributed by atoms with Gasteiger partial charge in [-0.05, 0) is 26.8 Å². The minimum Gasteiger partial charge on any atom is -0.376 e. The van der Waals surface area contributed by atoms with Crippen molar-refractivity contribution < 1.29 is 9.53 Å². The van der Waals surface area contributed by atoms with Gasteiger partial charge in [0.05, 0.1) is 23.2 Å². The van der Waals surface area contributed by atoms with Crippen molar-refractivity contribution in [2.24, 2.45) is 0 Å². The summed E-state index contributed by atoms with van der Waals surface area (Å²) >= 11 is 0. The van der Waals surface area contributed by atoms with E-state index >= 15 is 0 Å². The van der Waals surface area contributed by atoms with Crippen LogP contribution in [0.3, 0.4) is 0 Å². The molecular formula is C13H21N3O2. The summed E-state index contributed by atoms with van der Waals surface area (Å²) < 4.78 is 5.42. The molecule has 0 spiro atoms. The lowest BCUT2D eigenvalue weighted by Crippen LogP contribution is -2.27. The van der Waals surface area contributed by atoms with Crippen LogP contribution in [-0.4, -0.2) is 37.2 Å². The standard InChI is InChI=1S/C13H21N3O2/c1-13(2,3)18-9-12(17)15-10-8-14-7-6-11(10)16(4)5/h6-8H,9H2,1-5H3,(H,15,17). The van der Waals surface area contributed by atoms with Crippen LogP contribution in [0.2, 0.25) is 0 Å². The lowest BCUT2D eigenvalue weighted by molar-refractivity contribution is -0.125. The molecule has 0 atom stereocenters. The molecule has 0 bridgehead atoms. The molecule has 5 heteroatoms. The molecule has 1 amide bonds. The maximum atomic E-state index is 11.8. The minimum absolute atomic E-state index is 0.0330. The summed E-state index contributed by atoms with van der Waals surface area (Å²) in [7, 11) is 3.83. The van der Waals surface area contributed by atoms with Gasteiger partial charge in [-0.15, -0.1) is 0 Å². The van der Waals surface area contributed by atoms with Gasteiger partial charge in [-0.1, -0.05) is 0 Å². The summed E-state index contributed by atoms with van der Waals surface area (Å²) in [5.74, 6) is -0.180. The van der Waals surface area contributed by atoms with Gasteiger partial charge in [0, 0.05) is 20.3 Å². The number of pyridine rings is 1. The molecule has 1 aromatic heterocycles. The average Bonchev–Trinajstić information content (AvgIpc) is 2.26. The summed E-state index contributed by atoms with van der Waals surface area (Å²) in [6.07, 6.45) is 3.32. The van der Waals surface area contributed by atoms with Gasteiger partial charge < -0.3 is 15.0 Å². The maximum absolute atomic E-state index is 11.8. The summed E-state index contributed by atoms with van der Waals surface area (Å²) in [6.45, 7) is 5.77. The van der Waals surface area contributed by atoms with E-state index in [1.165, 1.54) is 0 Å². The van der Waals surface area contributed by atoms with Crippen LogP contribution in [0.15, 0.2) is 18.5 Å². The van der Waals surface area contributed by atoms with Crippen molar-refractivity contribution in [2.45, 2.75) is 26.4 Å². The molecule has 0 aliphatic rings. The summed E-state index contributed by atoms with van der Waals surface area (Å²) in [4.78, 5) is 17.7. The van der Waals surface area contributed by atoms with Crippen LogP contribution in [0.25, 0.3) is 0 Å². The van der Waals surface area contributed by atoms with Crippen LogP contribution in [0.1, 0.15) is 20.8 Å². The van der Waals surface area contributed by atoms with Crippen molar-refractivity contribution in [3.63, 3.8) is 0 Å². The van der Waals surface area contributed by atoms with E-state index in [9.17, 15) is 4.79 Å². The minimum atomic E-state index is -0.323. The summed E-state index contributed by atoms with van der Waals surface area (Å²) in [5.41, 5.74) is 1.27. The molecule has 1 N–H and O–H groups in total. The fourth-order valence-corrected chi connectivity index (χ4v) is 1.34. The van der Waals surface area contributed by atoms with Gasteiger partial charge in [-0.25, -0.2) is 0 Å². The molecule has 0 saturated carbocycles. The Hall–Kier alpha value is -1.62. The Labute approximate surface area is 108 Å². The largest absolute Gasteiger partial charge is 0.376 e. The van der Waals surface area contributed by atoms with Crippen LogP contribution in [0.4, 0.5) is 11.4 Å². The number of nitrogens with one attached hydrogen (secondary N) is 1. The lowest BCUT2D eigenvalue weighted by atomic mass is 10.2. The number of aromatic nitrogens is 1. The summed E-state index contributed by atoms with van der Waals surface area (Å²) in [6, 6.07) is 1.85. The van der Waals surface area contributed by atoms with Gasteiger partial charge in [0.25, 0.3) is 0 Å². The Morgan fingerprint density at radius 1 is 1.44 bits per heavy atom. The summed E-state index contributed by atoms with van der Waals surface area (Å²) in [5, 5.41) is 2.80. The lowest BCUT2D eigenvalue weighted by Gasteiger charge is -2.20. The molecule has 5 nitrogen and oxygen atoms in total. The molecule has 0 aromatic carbocycles. The zero-order chi connectivity index (χ0) is 13.8. The Balaban J connectivity index is 2.65. The molecule has 100 valence electrons. The topological polar surface area (TPSA) is 54.5 Å². The third-order valence-electron chi connectivity index (χ3n) is 2.19. The van der Waals surface area contributed by atoms with Crippen molar-refractivity contribution in [3.8, 4) is 0 Å². The highest BCUT2D eigenvalue weighted by molar-refractivity contribution is 5.94. The van der Waals surface area contributed by atoms with Gasteiger partial charge in [-0.3, -0.25) is 9.78 Å². The number of carbonyl (C=O) groups is 1. The number of nitrogens with zero attached hydrogens (tertiary/aromatic N) is 2. The third kappa shape index (κ3) is 4.71. The molecule has 0 fully saturated rings. The molecule has 0 aliphatic heterocycles. The highest BCUT2D eigenvalue weighted by atomic mass is 16.5. The molecule has 1 aromatic rings. The molecule has 0 aliphatic carbocycles. The first-order chi connectivity index (χ1) is 8.29. The fraction of sp³-hybridized carbons (Fsp3) is 0.538. The molecule has 1 rings (SSSR count). The van der Waals surface area contributed by atoms with Crippen molar-refractivity contribution in [2.75, 3.05) is 30.9 Å². The highest BCUT2D eigenvalue weighted by Crippen LogP contribution is 2.22. The number of hydrogen-bond acceptors (Lipinski definition) is 4. The van der Waals surface area contributed by atoms with Gasteiger partial charge in [0.1, 0.15) is 6.61 Å². The molecular weight excluding hydrogens is 230 g/mol. The second kappa shape index (κ2) is 5.82. The first kappa shape index (κ1) is 14.4. The molecule has 0 unspecified atom stereocenters.